The van der Waals surface area contributed by atoms with Gasteiger partial charge in [-0.3, -0.25) is 0 Å². The highest BCUT2D eigenvalue weighted by atomic mass is 16.5. The molecule has 1 atom stereocenters. The van der Waals surface area contributed by atoms with E-state index in [1.54, 1.807) is 7.11 Å². The molecule has 1 heterocycles. The van der Waals surface area contributed by atoms with Crippen LogP contribution in [0, 0.1) is 5.92 Å². The van der Waals surface area contributed by atoms with Crippen LogP contribution in [0.4, 0.5) is 0 Å². The lowest BCUT2D eigenvalue weighted by Crippen LogP contribution is -2.24. The van der Waals surface area contributed by atoms with Crippen molar-refractivity contribution in [1.29, 1.82) is 0 Å². The van der Waals surface area contributed by atoms with Gasteiger partial charge in [0.05, 0.1) is 19.8 Å². The third-order valence-electron chi connectivity index (χ3n) is 3.57. The summed E-state index contributed by atoms with van der Waals surface area (Å²) in [5.74, 6) is 1.42. The fourth-order valence-corrected chi connectivity index (χ4v) is 2.38. The van der Waals surface area contributed by atoms with Crippen molar-refractivity contribution in [2.75, 3.05) is 33.5 Å². The molecule has 1 unspecified atom stereocenters. The lowest BCUT2D eigenvalue weighted by atomic mass is 10.0. The Hall–Kier alpha value is -1.10. The van der Waals surface area contributed by atoms with Gasteiger partial charge in [-0.15, -0.1) is 0 Å². The molecule has 0 amide bonds. The van der Waals surface area contributed by atoms with Crippen LogP contribution in [0.2, 0.25) is 0 Å². The molecule has 2 N–H and O–H groups in total. The topological polar surface area (TPSA) is 53.7 Å². The predicted octanol–water partition coefficient (Wildman–Crippen LogP) is 2.14. The highest BCUT2D eigenvalue weighted by molar-refractivity contribution is 5.35. The number of hydrogen-bond donors (Lipinski definition) is 1. The van der Waals surface area contributed by atoms with E-state index in [1.165, 1.54) is 0 Å². The monoisotopic (exact) mass is 265 g/mol. The summed E-state index contributed by atoms with van der Waals surface area (Å²) in [6.45, 7) is 2.89. The molecule has 0 spiro atoms. The summed E-state index contributed by atoms with van der Waals surface area (Å²) in [6, 6.07) is 7.89. The minimum Gasteiger partial charge on any atom is -0.496 e. The molecular weight excluding hydrogens is 242 g/mol. The molecule has 0 bridgehead atoms. The zero-order valence-corrected chi connectivity index (χ0v) is 11.5. The van der Waals surface area contributed by atoms with Gasteiger partial charge in [0.15, 0.2) is 0 Å². The molecule has 0 aromatic heterocycles. The zero-order chi connectivity index (χ0) is 13.5. The molecule has 1 fully saturated rings. The Morgan fingerprint density at radius 1 is 1.32 bits per heavy atom. The Kier molecular flexibility index (Phi) is 5.63. The molecule has 1 saturated heterocycles. The number of methoxy groups -OCH3 is 1. The number of hydrogen-bond acceptors (Lipinski definition) is 4. The SMILES string of the molecule is COc1ccccc1C(CN)OCC1CCOCC1. The average Bonchev–Trinajstić information content (AvgIpc) is 2.49. The summed E-state index contributed by atoms with van der Waals surface area (Å²) >= 11 is 0. The maximum atomic E-state index is 6.00. The third kappa shape index (κ3) is 3.93. The van der Waals surface area contributed by atoms with Crippen molar-refractivity contribution in [2.45, 2.75) is 18.9 Å². The second-order valence-electron chi connectivity index (χ2n) is 4.86. The molecule has 0 saturated carbocycles. The van der Waals surface area contributed by atoms with Gasteiger partial charge in [0.2, 0.25) is 0 Å². The smallest absolute Gasteiger partial charge is 0.124 e. The molecule has 0 radical (unpaired) electrons. The van der Waals surface area contributed by atoms with Crippen LogP contribution in [0.25, 0.3) is 0 Å². The Labute approximate surface area is 114 Å². The number of benzene rings is 1. The number of nitrogens with two attached hydrogens (primary N) is 1. The minimum atomic E-state index is -0.0982. The molecule has 4 nitrogen and oxygen atoms in total. The largest absolute Gasteiger partial charge is 0.496 e. The highest BCUT2D eigenvalue weighted by Crippen LogP contribution is 2.28. The first-order valence-corrected chi connectivity index (χ1v) is 6.87. The van der Waals surface area contributed by atoms with Crippen molar-refractivity contribution in [2.24, 2.45) is 11.7 Å². The van der Waals surface area contributed by atoms with Gasteiger partial charge in [-0.25, -0.2) is 0 Å². The van der Waals surface area contributed by atoms with E-state index in [9.17, 15) is 0 Å². The summed E-state index contributed by atoms with van der Waals surface area (Å²) in [4.78, 5) is 0. The Morgan fingerprint density at radius 3 is 2.74 bits per heavy atom. The van der Waals surface area contributed by atoms with Crippen LogP contribution in [-0.4, -0.2) is 33.5 Å². The van der Waals surface area contributed by atoms with E-state index >= 15 is 0 Å². The number of rotatable bonds is 6. The first-order chi connectivity index (χ1) is 9.35. The summed E-state index contributed by atoms with van der Waals surface area (Å²) in [7, 11) is 1.67. The predicted molar refractivity (Wildman–Crippen MR) is 74.3 cm³/mol. The summed E-state index contributed by atoms with van der Waals surface area (Å²) in [5, 5.41) is 0. The Bertz CT molecular complexity index is 377. The van der Waals surface area contributed by atoms with Crippen molar-refractivity contribution < 1.29 is 14.2 Å². The first-order valence-electron chi connectivity index (χ1n) is 6.87. The van der Waals surface area contributed by atoms with E-state index in [0.717, 1.165) is 44.0 Å². The van der Waals surface area contributed by atoms with Crippen molar-refractivity contribution in [3.8, 4) is 5.75 Å². The lowest BCUT2D eigenvalue weighted by molar-refractivity contribution is -0.00936. The fourth-order valence-electron chi connectivity index (χ4n) is 2.38. The van der Waals surface area contributed by atoms with E-state index in [2.05, 4.69) is 0 Å². The second-order valence-corrected chi connectivity index (χ2v) is 4.86. The standard InChI is InChI=1S/C15H23NO3/c1-17-14-5-3-2-4-13(14)15(10-16)19-11-12-6-8-18-9-7-12/h2-5,12,15H,6-11,16H2,1H3. The average molecular weight is 265 g/mol. The van der Waals surface area contributed by atoms with Crippen molar-refractivity contribution in [3.63, 3.8) is 0 Å². The molecule has 1 aliphatic rings. The molecule has 1 aliphatic heterocycles. The maximum Gasteiger partial charge on any atom is 0.124 e. The van der Waals surface area contributed by atoms with E-state index in [0.29, 0.717) is 12.5 Å². The molecule has 0 aliphatic carbocycles. The lowest BCUT2D eigenvalue weighted by Gasteiger charge is -2.25. The van der Waals surface area contributed by atoms with Gasteiger partial charge in [0.25, 0.3) is 0 Å². The van der Waals surface area contributed by atoms with Gasteiger partial charge in [0, 0.05) is 25.3 Å². The number of para-hydroxylation sites is 1. The summed E-state index contributed by atoms with van der Waals surface area (Å²) < 4.78 is 16.7. The number of ether oxygens (including phenoxy) is 3. The van der Waals surface area contributed by atoms with Crippen molar-refractivity contribution in [3.05, 3.63) is 29.8 Å². The van der Waals surface area contributed by atoms with E-state index < -0.39 is 0 Å². The van der Waals surface area contributed by atoms with Crippen LogP contribution in [0.1, 0.15) is 24.5 Å². The van der Waals surface area contributed by atoms with Crippen molar-refractivity contribution in [1.82, 2.24) is 0 Å². The quantitative estimate of drug-likeness (QED) is 0.856. The second kappa shape index (κ2) is 7.48. The van der Waals surface area contributed by atoms with Gasteiger partial charge in [-0.2, -0.15) is 0 Å². The Balaban J connectivity index is 1.95. The van der Waals surface area contributed by atoms with Gasteiger partial charge in [-0.05, 0) is 24.8 Å². The fraction of sp³-hybridized carbons (Fsp3) is 0.600. The molecule has 1 aromatic rings. The Morgan fingerprint density at radius 2 is 2.05 bits per heavy atom. The third-order valence-corrected chi connectivity index (χ3v) is 3.57. The summed E-state index contributed by atoms with van der Waals surface area (Å²) in [6.07, 6.45) is 2.05. The van der Waals surface area contributed by atoms with Crippen LogP contribution < -0.4 is 10.5 Å². The highest BCUT2D eigenvalue weighted by Gasteiger charge is 2.19. The normalized spacial score (nSPS) is 18.2. The van der Waals surface area contributed by atoms with Crippen molar-refractivity contribution >= 4 is 0 Å². The van der Waals surface area contributed by atoms with Gasteiger partial charge >= 0.3 is 0 Å². The van der Waals surface area contributed by atoms with E-state index in [1.807, 2.05) is 24.3 Å². The molecular formula is C15H23NO3. The maximum absolute atomic E-state index is 6.00. The van der Waals surface area contributed by atoms with Crippen LogP contribution in [0.3, 0.4) is 0 Å². The van der Waals surface area contributed by atoms with Gasteiger partial charge in [-0.1, -0.05) is 18.2 Å². The minimum absolute atomic E-state index is 0.0982. The zero-order valence-electron chi connectivity index (χ0n) is 11.5. The molecule has 4 heteroatoms. The molecule has 19 heavy (non-hydrogen) atoms. The molecule has 2 rings (SSSR count). The van der Waals surface area contributed by atoms with Crippen LogP contribution in [0.5, 0.6) is 5.75 Å². The van der Waals surface area contributed by atoms with Crippen LogP contribution in [-0.2, 0) is 9.47 Å². The molecule has 106 valence electrons. The summed E-state index contributed by atoms with van der Waals surface area (Å²) in [5.41, 5.74) is 6.87. The first kappa shape index (κ1) is 14.3. The van der Waals surface area contributed by atoms with Gasteiger partial charge < -0.3 is 19.9 Å². The van der Waals surface area contributed by atoms with Crippen LogP contribution >= 0.6 is 0 Å². The van der Waals surface area contributed by atoms with E-state index in [4.69, 9.17) is 19.9 Å². The molecule has 1 aromatic carbocycles. The van der Waals surface area contributed by atoms with Gasteiger partial charge in [0.1, 0.15) is 5.75 Å². The van der Waals surface area contributed by atoms with E-state index in [-0.39, 0.29) is 6.10 Å². The van der Waals surface area contributed by atoms with Crippen LogP contribution in [0.15, 0.2) is 24.3 Å².